The van der Waals surface area contributed by atoms with E-state index < -0.39 is 0 Å². The Bertz CT molecular complexity index is 541. The van der Waals surface area contributed by atoms with Crippen LogP contribution in [0.2, 0.25) is 0 Å². The molecule has 0 saturated heterocycles. The topological polar surface area (TPSA) is 115 Å². The number of rotatable bonds is 7. The van der Waals surface area contributed by atoms with Gasteiger partial charge >= 0.3 is 0 Å². The molecule has 0 aliphatic rings. The van der Waals surface area contributed by atoms with Crippen molar-refractivity contribution >= 4 is 11.6 Å². The highest BCUT2D eigenvalue weighted by Gasteiger charge is 2.10. The maximum Gasteiger partial charge on any atom is 0.228 e. The molecule has 0 spiro atoms. The molecule has 8 nitrogen and oxygen atoms in total. The van der Waals surface area contributed by atoms with Gasteiger partial charge < -0.3 is 15.3 Å². The number of aryl methyl sites for hydroxylation is 1. The maximum atomic E-state index is 5.49. The lowest BCUT2D eigenvalue weighted by Gasteiger charge is -2.12. The summed E-state index contributed by atoms with van der Waals surface area (Å²) in [5.74, 6) is 8.27. The highest BCUT2D eigenvalue weighted by Crippen LogP contribution is 2.19. The van der Waals surface area contributed by atoms with Gasteiger partial charge in [-0.2, -0.15) is 4.98 Å². The van der Waals surface area contributed by atoms with Gasteiger partial charge in [-0.3, -0.25) is 0 Å². The zero-order valence-corrected chi connectivity index (χ0v) is 11.7. The number of aromatic nitrogens is 4. The zero-order valence-electron chi connectivity index (χ0n) is 11.7. The van der Waals surface area contributed by atoms with Crippen molar-refractivity contribution in [2.24, 2.45) is 5.84 Å². The summed E-state index contributed by atoms with van der Waals surface area (Å²) in [5.41, 5.74) is 3.49. The van der Waals surface area contributed by atoms with E-state index in [1.54, 1.807) is 0 Å². The third-order valence-corrected chi connectivity index (χ3v) is 2.84. The van der Waals surface area contributed by atoms with Crippen molar-refractivity contribution in [3.8, 4) is 0 Å². The largest absolute Gasteiger partial charge is 0.369 e. The van der Waals surface area contributed by atoms with Crippen molar-refractivity contribution in [3.05, 3.63) is 23.6 Å². The van der Waals surface area contributed by atoms with Gasteiger partial charge in [-0.25, -0.2) is 15.8 Å². The number of nitrogen functional groups attached to an aromatic ring is 1. The molecule has 2 aromatic heterocycles. The van der Waals surface area contributed by atoms with Gasteiger partial charge in [0.25, 0.3) is 0 Å². The fourth-order valence-corrected chi connectivity index (χ4v) is 1.80. The van der Waals surface area contributed by atoms with Crippen LogP contribution in [0, 0.1) is 6.92 Å². The summed E-state index contributed by atoms with van der Waals surface area (Å²) >= 11 is 0. The second-order valence-corrected chi connectivity index (χ2v) is 4.37. The Balaban J connectivity index is 2.06. The SMILES string of the molecule is CCCc1nc(NN)c(C)c(NCCc2ncno2)n1. The Labute approximate surface area is 117 Å². The van der Waals surface area contributed by atoms with Crippen LogP contribution in [0.25, 0.3) is 0 Å². The van der Waals surface area contributed by atoms with Gasteiger partial charge in [-0.15, -0.1) is 0 Å². The summed E-state index contributed by atoms with van der Waals surface area (Å²) in [4.78, 5) is 12.8. The molecule has 4 N–H and O–H groups in total. The molecule has 2 aromatic rings. The van der Waals surface area contributed by atoms with E-state index in [9.17, 15) is 0 Å². The van der Waals surface area contributed by atoms with E-state index in [4.69, 9.17) is 10.4 Å². The standard InChI is InChI=1S/C12H19N7O/c1-3-4-9-17-11(8(2)12(18-9)19-13)14-6-5-10-15-7-16-20-10/h7H,3-6,13H2,1-2H3,(H2,14,17,18,19). The lowest BCUT2D eigenvalue weighted by molar-refractivity contribution is 0.379. The molecule has 0 atom stereocenters. The molecule has 0 aromatic carbocycles. The summed E-state index contributed by atoms with van der Waals surface area (Å²) < 4.78 is 4.94. The van der Waals surface area contributed by atoms with Crippen molar-refractivity contribution in [1.82, 2.24) is 20.1 Å². The van der Waals surface area contributed by atoms with E-state index in [0.717, 1.165) is 30.0 Å². The van der Waals surface area contributed by atoms with Crippen LogP contribution in [-0.4, -0.2) is 26.7 Å². The van der Waals surface area contributed by atoms with Crippen molar-refractivity contribution in [2.75, 3.05) is 17.3 Å². The fraction of sp³-hybridized carbons (Fsp3) is 0.500. The number of nitrogens with zero attached hydrogens (tertiary/aromatic N) is 4. The third-order valence-electron chi connectivity index (χ3n) is 2.84. The predicted molar refractivity (Wildman–Crippen MR) is 75.1 cm³/mol. The van der Waals surface area contributed by atoms with Gasteiger partial charge in [0.2, 0.25) is 5.89 Å². The normalized spacial score (nSPS) is 10.6. The van der Waals surface area contributed by atoms with E-state index in [0.29, 0.717) is 24.7 Å². The lowest BCUT2D eigenvalue weighted by Crippen LogP contribution is -2.16. The number of hydrogen-bond donors (Lipinski definition) is 3. The van der Waals surface area contributed by atoms with E-state index in [2.05, 4.69) is 37.8 Å². The third kappa shape index (κ3) is 3.41. The molecule has 8 heteroatoms. The predicted octanol–water partition coefficient (Wildman–Crippen LogP) is 1.06. The van der Waals surface area contributed by atoms with Crippen molar-refractivity contribution in [3.63, 3.8) is 0 Å². The smallest absolute Gasteiger partial charge is 0.228 e. The van der Waals surface area contributed by atoms with Crippen LogP contribution in [0.5, 0.6) is 0 Å². The van der Waals surface area contributed by atoms with Crippen molar-refractivity contribution in [2.45, 2.75) is 33.1 Å². The van der Waals surface area contributed by atoms with Crippen molar-refractivity contribution in [1.29, 1.82) is 0 Å². The summed E-state index contributed by atoms with van der Waals surface area (Å²) in [6.45, 7) is 4.65. The minimum atomic E-state index is 0.593. The summed E-state index contributed by atoms with van der Waals surface area (Å²) in [7, 11) is 0. The highest BCUT2D eigenvalue weighted by molar-refractivity contribution is 5.56. The molecule has 0 aliphatic carbocycles. The second-order valence-electron chi connectivity index (χ2n) is 4.37. The Morgan fingerprint density at radius 3 is 2.70 bits per heavy atom. The first-order valence-corrected chi connectivity index (χ1v) is 6.58. The Morgan fingerprint density at radius 2 is 2.05 bits per heavy atom. The molecule has 2 rings (SSSR count). The van der Waals surface area contributed by atoms with Gasteiger partial charge in [-0.1, -0.05) is 12.1 Å². The molecular weight excluding hydrogens is 258 g/mol. The van der Waals surface area contributed by atoms with E-state index in [-0.39, 0.29) is 0 Å². The Kier molecular flexibility index (Phi) is 4.83. The van der Waals surface area contributed by atoms with Gasteiger partial charge in [0.05, 0.1) is 0 Å². The van der Waals surface area contributed by atoms with Gasteiger partial charge in [0.15, 0.2) is 6.33 Å². The van der Waals surface area contributed by atoms with Gasteiger partial charge in [0.1, 0.15) is 17.5 Å². The quantitative estimate of drug-likeness (QED) is 0.508. The molecule has 0 radical (unpaired) electrons. The molecule has 0 unspecified atom stereocenters. The van der Waals surface area contributed by atoms with Gasteiger partial charge in [0, 0.05) is 24.9 Å². The number of nitrogens with one attached hydrogen (secondary N) is 2. The molecule has 0 amide bonds. The van der Waals surface area contributed by atoms with E-state index in [1.165, 1.54) is 6.33 Å². The molecular formula is C12H19N7O. The summed E-state index contributed by atoms with van der Waals surface area (Å²) in [5, 5.41) is 6.82. The first kappa shape index (κ1) is 14.2. The van der Waals surface area contributed by atoms with Crippen LogP contribution in [0.4, 0.5) is 11.6 Å². The molecule has 0 fully saturated rings. The Morgan fingerprint density at radius 1 is 1.25 bits per heavy atom. The number of hydrazine groups is 1. The number of hydrogen-bond acceptors (Lipinski definition) is 8. The van der Waals surface area contributed by atoms with Gasteiger partial charge in [-0.05, 0) is 13.3 Å². The van der Waals surface area contributed by atoms with Crippen LogP contribution in [0.1, 0.15) is 30.6 Å². The molecule has 0 bridgehead atoms. The van der Waals surface area contributed by atoms with E-state index >= 15 is 0 Å². The summed E-state index contributed by atoms with van der Waals surface area (Å²) in [6, 6.07) is 0. The molecule has 2 heterocycles. The highest BCUT2D eigenvalue weighted by atomic mass is 16.5. The molecule has 20 heavy (non-hydrogen) atoms. The fourth-order valence-electron chi connectivity index (χ4n) is 1.80. The first-order valence-electron chi connectivity index (χ1n) is 6.58. The monoisotopic (exact) mass is 277 g/mol. The lowest BCUT2D eigenvalue weighted by atomic mass is 10.2. The number of anilines is 2. The Hall–Kier alpha value is -2.22. The van der Waals surface area contributed by atoms with Crippen LogP contribution in [0.15, 0.2) is 10.9 Å². The van der Waals surface area contributed by atoms with Crippen LogP contribution >= 0.6 is 0 Å². The second kappa shape index (κ2) is 6.80. The minimum Gasteiger partial charge on any atom is -0.369 e. The van der Waals surface area contributed by atoms with E-state index in [1.807, 2.05) is 6.92 Å². The zero-order chi connectivity index (χ0) is 14.4. The maximum absolute atomic E-state index is 5.49. The average molecular weight is 277 g/mol. The van der Waals surface area contributed by atoms with Crippen LogP contribution < -0.4 is 16.6 Å². The number of nitrogens with two attached hydrogens (primary N) is 1. The molecule has 0 aliphatic heterocycles. The van der Waals surface area contributed by atoms with Crippen LogP contribution in [0.3, 0.4) is 0 Å². The molecule has 108 valence electrons. The minimum absolute atomic E-state index is 0.593. The average Bonchev–Trinajstić information content (AvgIpc) is 2.95. The van der Waals surface area contributed by atoms with Crippen molar-refractivity contribution < 1.29 is 4.52 Å². The van der Waals surface area contributed by atoms with Crippen LogP contribution in [-0.2, 0) is 12.8 Å². The summed E-state index contributed by atoms with van der Waals surface area (Å²) in [6.07, 6.45) is 3.82. The first-order chi connectivity index (χ1) is 9.74. The molecule has 0 saturated carbocycles.